The SMILES string of the molecule is CC(C)CC(NSS)C(=O)OC(C)C. The number of esters is 1. The number of ether oxygens (including phenoxy) is 1. The molecular weight excluding hydrogens is 218 g/mol. The summed E-state index contributed by atoms with van der Waals surface area (Å²) < 4.78 is 8.04. The lowest BCUT2D eigenvalue weighted by molar-refractivity contribution is -0.149. The highest BCUT2D eigenvalue weighted by Gasteiger charge is 2.21. The van der Waals surface area contributed by atoms with Crippen molar-refractivity contribution in [3.8, 4) is 0 Å². The molecule has 0 bridgehead atoms. The number of hydrogen-bond acceptors (Lipinski definition) is 5. The highest BCUT2D eigenvalue weighted by Crippen LogP contribution is 2.11. The van der Waals surface area contributed by atoms with Crippen LogP contribution in [0.5, 0.6) is 0 Å². The second-order valence-electron chi connectivity index (χ2n) is 3.88. The Bertz CT molecular complexity index is 174. The molecule has 0 rings (SSSR count). The fraction of sp³-hybridized carbons (Fsp3) is 0.889. The predicted octanol–water partition coefficient (Wildman–Crippen LogP) is 2.44. The summed E-state index contributed by atoms with van der Waals surface area (Å²) in [6.45, 7) is 7.83. The van der Waals surface area contributed by atoms with Crippen LogP contribution in [0.4, 0.5) is 0 Å². The molecule has 0 aromatic carbocycles. The van der Waals surface area contributed by atoms with Gasteiger partial charge in [0.2, 0.25) is 0 Å². The van der Waals surface area contributed by atoms with Crippen LogP contribution < -0.4 is 4.72 Å². The largest absolute Gasteiger partial charge is 0.462 e. The molecule has 1 N–H and O–H groups in total. The Hall–Kier alpha value is 0.130. The molecule has 0 saturated heterocycles. The van der Waals surface area contributed by atoms with Gasteiger partial charge in [-0.25, -0.2) is 4.72 Å². The summed E-state index contributed by atoms with van der Waals surface area (Å²) >= 11 is 3.97. The quantitative estimate of drug-likeness (QED) is 0.322. The van der Waals surface area contributed by atoms with Crippen molar-refractivity contribution in [3.63, 3.8) is 0 Å². The fourth-order valence-corrected chi connectivity index (χ4v) is 1.74. The van der Waals surface area contributed by atoms with Crippen molar-refractivity contribution in [1.29, 1.82) is 0 Å². The average molecular weight is 237 g/mol. The predicted molar refractivity (Wildman–Crippen MR) is 64.2 cm³/mol. The Morgan fingerprint density at radius 1 is 1.43 bits per heavy atom. The van der Waals surface area contributed by atoms with E-state index in [1.807, 2.05) is 13.8 Å². The first-order valence-corrected chi connectivity index (χ1v) is 6.60. The normalized spacial score (nSPS) is 13.4. The molecule has 5 heteroatoms. The number of carbonyl (C=O) groups excluding carboxylic acids is 1. The molecule has 3 nitrogen and oxygen atoms in total. The third-order valence-corrected chi connectivity index (χ3v) is 2.24. The minimum atomic E-state index is -0.264. The van der Waals surface area contributed by atoms with Gasteiger partial charge in [-0.15, -0.1) is 0 Å². The number of rotatable bonds is 6. The molecule has 0 aliphatic rings. The molecule has 1 atom stereocenters. The minimum absolute atomic E-state index is 0.0659. The van der Waals surface area contributed by atoms with Crippen LogP contribution in [0.3, 0.4) is 0 Å². The summed E-state index contributed by atoms with van der Waals surface area (Å²) in [5, 5.41) is 0. The highest BCUT2D eigenvalue weighted by atomic mass is 33.1. The van der Waals surface area contributed by atoms with Crippen molar-refractivity contribution in [2.45, 2.75) is 46.3 Å². The van der Waals surface area contributed by atoms with E-state index < -0.39 is 0 Å². The first-order chi connectivity index (χ1) is 6.47. The Morgan fingerprint density at radius 2 is 2.00 bits per heavy atom. The standard InChI is InChI=1S/C9H19NO2S2/c1-6(2)5-8(10-14-13)9(11)12-7(3)4/h6-8,10,13H,5H2,1-4H3. The molecule has 14 heavy (non-hydrogen) atoms. The van der Waals surface area contributed by atoms with E-state index in [1.165, 1.54) is 0 Å². The fourth-order valence-electron chi connectivity index (χ4n) is 1.04. The second kappa shape index (κ2) is 7.43. The zero-order valence-electron chi connectivity index (χ0n) is 9.11. The van der Waals surface area contributed by atoms with E-state index in [4.69, 9.17) is 4.74 Å². The third kappa shape index (κ3) is 6.56. The maximum Gasteiger partial charge on any atom is 0.324 e. The van der Waals surface area contributed by atoms with Crippen LogP contribution >= 0.6 is 22.6 Å². The first-order valence-electron chi connectivity index (χ1n) is 4.73. The number of hydrogen-bond donors (Lipinski definition) is 2. The van der Waals surface area contributed by atoms with E-state index in [-0.39, 0.29) is 18.1 Å². The van der Waals surface area contributed by atoms with Crippen molar-refractivity contribution < 1.29 is 9.53 Å². The van der Waals surface area contributed by atoms with Gasteiger partial charge in [0.05, 0.1) is 6.10 Å². The molecular formula is C9H19NO2S2. The Labute approximate surface area is 95.3 Å². The van der Waals surface area contributed by atoms with Gasteiger partial charge in [0, 0.05) is 0 Å². The van der Waals surface area contributed by atoms with E-state index in [2.05, 4.69) is 30.2 Å². The molecule has 0 heterocycles. The Balaban J connectivity index is 4.10. The van der Waals surface area contributed by atoms with E-state index >= 15 is 0 Å². The van der Waals surface area contributed by atoms with Gasteiger partial charge in [-0.2, -0.15) is 0 Å². The molecule has 0 saturated carbocycles. The molecule has 84 valence electrons. The summed E-state index contributed by atoms with van der Waals surface area (Å²) in [6, 6.07) is -0.264. The van der Waals surface area contributed by atoms with E-state index in [9.17, 15) is 4.79 Å². The molecule has 0 fully saturated rings. The van der Waals surface area contributed by atoms with Crippen molar-refractivity contribution >= 4 is 28.6 Å². The van der Waals surface area contributed by atoms with Gasteiger partial charge in [-0.1, -0.05) is 25.5 Å². The van der Waals surface area contributed by atoms with Gasteiger partial charge in [-0.05, 0) is 37.2 Å². The topological polar surface area (TPSA) is 38.3 Å². The number of carbonyl (C=O) groups is 1. The van der Waals surface area contributed by atoms with Crippen molar-refractivity contribution in [2.75, 3.05) is 0 Å². The van der Waals surface area contributed by atoms with E-state index in [1.54, 1.807) is 0 Å². The molecule has 0 radical (unpaired) electrons. The van der Waals surface area contributed by atoms with Crippen LogP contribution in [0.1, 0.15) is 34.1 Å². The van der Waals surface area contributed by atoms with Gasteiger partial charge in [0.1, 0.15) is 6.04 Å². The Kier molecular flexibility index (Phi) is 7.49. The minimum Gasteiger partial charge on any atom is -0.462 e. The molecule has 0 amide bonds. The van der Waals surface area contributed by atoms with Crippen LogP contribution in [0, 0.1) is 5.92 Å². The lowest BCUT2D eigenvalue weighted by atomic mass is 10.0. The molecule has 0 aliphatic carbocycles. The zero-order chi connectivity index (χ0) is 11.1. The number of thiol groups is 1. The summed E-state index contributed by atoms with van der Waals surface area (Å²) in [6.07, 6.45) is 0.697. The molecule has 0 aliphatic heterocycles. The first kappa shape index (κ1) is 14.1. The smallest absolute Gasteiger partial charge is 0.324 e. The second-order valence-corrected chi connectivity index (χ2v) is 4.84. The third-order valence-electron chi connectivity index (χ3n) is 1.54. The van der Waals surface area contributed by atoms with Gasteiger partial charge in [0.25, 0.3) is 0 Å². The van der Waals surface area contributed by atoms with Crippen molar-refractivity contribution in [3.05, 3.63) is 0 Å². The van der Waals surface area contributed by atoms with Gasteiger partial charge in [-0.3, -0.25) is 4.79 Å². The zero-order valence-corrected chi connectivity index (χ0v) is 10.8. The van der Waals surface area contributed by atoms with Crippen LogP contribution in [-0.4, -0.2) is 18.1 Å². The summed E-state index contributed by atoms with van der Waals surface area (Å²) in [5.74, 6) is 0.253. The van der Waals surface area contributed by atoms with E-state index in [0.717, 1.165) is 17.4 Å². The highest BCUT2D eigenvalue weighted by molar-refractivity contribution is 8.67. The average Bonchev–Trinajstić information content (AvgIpc) is 2.01. The van der Waals surface area contributed by atoms with Crippen molar-refractivity contribution in [1.82, 2.24) is 4.72 Å². The summed E-state index contributed by atoms with van der Waals surface area (Å²) in [4.78, 5) is 11.5. The van der Waals surface area contributed by atoms with Crippen LogP contribution in [0.25, 0.3) is 0 Å². The molecule has 0 aromatic rings. The lowest BCUT2D eigenvalue weighted by Crippen LogP contribution is -2.36. The van der Waals surface area contributed by atoms with Crippen LogP contribution in [0.2, 0.25) is 0 Å². The molecule has 0 aromatic heterocycles. The maximum atomic E-state index is 11.5. The van der Waals surface area contributed by atoms with Crippen molar-refractivity contribution in [2.24, 2.45) is 5.92 Å². The summed E-state index contributed by atoms with van der Waals surface area (Å²) in [5.41, 5.74) is 0. The Morgan fingerprint density at radius 3 is 2.36 bits per heavy atom. The molecule has 1 unspecified atom stereocenters. The monoisotopic (exact) mass is 237 g/mol. The van der Waals surface area contributed by atoms with Crippen LogP contribution in [0.15, 0.2) is 0 Å². The van der Waals surface area contributed by atoms with Crippen LogP contribution in [-0.2, 0) is 9.53 Å². The number of nitrogens with one attached hydrogen (secondary N) is 1. The lowest BCUT2D eigenvalue weighted by Gasteiger charge is -2.18. The van der Waals surface area contributed by atoms with Gasteiger partial charge < -0.3 is 4.74 Å². The molecule has 0 spiro atoms. The van der Waals surface area contributed by atoms with Gasteiger partial charge >= 0.3 is 5.97 Å². The summed E-state index contributed by atoms with van der Waals surface area (Å²) in [7, 11) is 1.15. The maximum absolute atomic E-state index is 11.5. The van der Waals surface area contributed by atoms with E-state index in [0.29, 0.717) is 5.92 Å². The van der Waals surface area contributed by atoms with Gasteiger partial charge in [0.15, 0.2) is 0 Å².